The van der Waals surface area contributed by atoms with Gasteiger partial charge in [-0.3, -0.25) is 0 Å². The summed E-state index contributed by atoms with van der Waals surface area (Å²) in [6.07, 6.45) is 3.47. The van der Waals surface area contributed by atoms with Gasteiger partial charge in [-0.2, -0.15) is 4.98 Å². The zero-order chi connectivity index (χ0) is 14.5. The minimum Gasteiger partial charge on any atom is -0.366 e. The first kappa shape index (κ1) is 14.3. The summed E-state index contributed by atoms with van der Waals surface area (Å²) in [4.78, 5) is 8.57. The molecular weight excluding hydrogens is 272 g/mol. The van der Waals surface area contributed by atoms with Gasteiger partial charge in [-0.1, -0.05) is 23.7 Å². The van der Waals surface area contributed by atoms with Crippen LogP contribution in [0.25, 0.3) is 0 Å². The molecule has 0 saturated heterocycles. The Morgan fingerprint density at radius 3 is 2.85 bits per heavy atom. The van der Waals surface area contributed by atoms with E-state index in [-0.39, 0.29) is 0 Å². The first-order valence-electron chi connectivity index (χ1n) is 6.31. The molecule has 0 amide bonds. The summed E-state index contributed by atoms with van der Waals surface area (Å²) in [5.74, 6) is 1.25. The van der Waals surface area contributed by atoms with Gasteiger partial charge in [0.25, 0.3) is 0 Å². The second-order valence-electron chi connectivity index (χ2n) is 4.50. The number of hydrogen-bond donors (Lipinski definition) is 2. The maximum absolute atomic E-state index is 6.26. The molecule has 104 valence electrons. The molecule has 1 aromatic heterocycles. The maximum Gasteiger partial charge on any atom is 0.229 e. The van der Waals surface area contributed by atoms with Crippen molar-refractivity contribution >= 4 is 29.1 Å². The number of aryl methyl sites for hydroxylation is 2. The molecule has 20 heavy (non-hydrogen) atoms. The lowest BCUT2D eigenvalue weighted by Gasteiger charge is -2.12. The first-order valence-corrected chi connectivity index (χ1v) is 6.69. The minimum absolute atomic E-state index is 0.507. The molecule has 0 fully saturated rings. The predicted molar refractivity (Wildman–Crippen MR) is 84.9 cm³/mol. The van der Waals surface area contributed by atoms with E-state index >= 15 is 0 Å². The molecule has 0 saturated carbocycles. The van der Waals surface area contributed by atoms with Gasteiger partial charge in [-0.05, 0) is 37.1 Å². The molecule has 2 aromatic rings. The van der Waals surface area contributed by atoms with Crippen molar-refractivity contribution in [3.05, 3.63) is 53.2 Å². The molecule has 0 aliphatic heterocycles. The van der Waals surface area contributed by atoms with Gasteiger partial charge in [-0.15, -0.1) is 6.58 Å². The van der Waals surface area contributed by atoms with Crippen molar-refractivity contribution in [2.24, 2.45) is 0 Å². The maximum atomic E-state index is 6.26. The van der Waals surface area contributed by atoms with Gasteiger partial charge in [0.1, 0.15) is 5.82 Å². The highest BCUT2D eigenvalue weighted by atomic mass is 35.5. The van der Waals surface area contributed by atoms with Gasteiger partial charge in [-0.25, -0.2) is 4.98 Å². The molecule has 0 radical (unpaired) electrons. The number of aromatic nitrogens is 2. The van der Waals surface area contributed by atoms with Gasteiger partial charge in [0.15, 0.2) is 0 Å². The number of nitrogens with zero attached hydrogens (tertiary/aromatic N) is 2. The average Bonchev–Trinajstić information content (AvgIpc) is 2.41. The highest BCUT2D eigenvalue weighted by molar-refractivity contribution is 6.33. The van der Waals surface area contributed by atoms with Crippen molar-refractivity contribution in [2.45, 2.75) is 13.8 Å². The number of hydrogen-bond acceptors (Lipinski definition) is 4. The van der Waals surface area contributed by atoms with E-state index in [2.05, 4.69) is 33.2 Å². The molecule has 0 bridgehead atoms. The molecule has 0 aliphatic rings. The summed E-state index contributed by atoms with van der Waals surface area (Å²) in [5, 5.41) is 6.94. The van der Waals surface area contributed by atoms with Crippen LogP contribution in [0, 0.1) is 13.8 Å². The molecule has 0 aliphatic carbocycles. The van der Waals surface area contributed by atoms with Crippen LogP contribution >= 0.6 is 11.6 Å². The van der Waals surface area contributed by atoms with Crippen LogP contribution in [0.1, 0.15) is 11.1 Å². The molecule has 5 heteroatoms. The molecule has 4 nitrogen and oxygen atoms in total. The summed E-state index contributed by atoms with van der Waals surface area (Å²) < 4.78 is 0. The summed E-state index contributed by atoms with van der Waals surface area (Å²) in [6, 6.07) is 5.78. The van der Waals surface area contributed by atoms with E-state index in [0.29, 0.717) is 17.5 Å². The Hall–Kier alpha value is -2.07. The second-order valence-corrected chi connectivity index (χ2v) is 4.91. The number of halogens is 1. The molecule has 1 heterocycles. The Bertz CT molecular complexity index is 602. The zero-order valence-corrected chi connectivity index (χ0v) is 12.3. The van der Waals surface area contributed by atoms with E-state index in [1.165, 1.54) is 0 Å². The van der Waals surface area contributed by atoms with Crippen molar-refractivity contribution in [3.63, 3.8) is 0 Å². The van der Waals surface area contributed by atoms with E-state index in [1.54, 1.807) is 18.3 Å². The Morgan fingerprint density at radius 1 is 1.35 bits per heavy atom. The molecule has 0 atom stereocenters. The molecule has 0 spiro atoms. The van der Waals surface area contributed by atoms with Gasteiger partial charge in [0, 0.05) is 12.7 Å². The van der Waals surface area contributed by atoms with E-state index in [9.17, 15) is 0 Å². The third-order valence-electron chi connectivity index (χ3n) is 2.75. The van der Waals surface area contributed by atoms with Crippen LogP contribution in [-0.2, 0) is 0 Å². The van der Waals surface area contributed by atoms with Crippen molar-refractivity contribution < 1.29 is 0 Å². The second kappa shape index (κ2) is 6.39. The summed E-state index contributed by atoms with van der Waals surface area (Å²) in [5.41, 5.74) is 3.02. The number of benzene rings is 1. The third-order valence-corrected chi connectivity index (χ3v) is 3.05. The smallest absolute Gasteiger partial charge is 0.229 e. The van der Waals surface area contributed by atoms with Crippen LogP contribution in [0.15, 0.2) is 37.1 Å². The van der Waals surface area contributed by atoms with Crippen LogP contribution in [0.4, 0.5) is 17.5 Å². The van der Waals surface area contributed by atoms with Crippen LogP contribution in [-0.4, -0.2) is 16.5 Å². The molecule has 1 aromatic carbocycles. The van der Waals surface area contributed by atoms with Gasteiger partial charge in [0.2, 0.25) is 5.95 Å². The van der Waals surface area contributed by atoms with Crippen LogP contribution < -0.4 is 10.6 Å². The standard InChI is InChI=1S/C15H17ClN4/c1-4-6-17-13-5-7-18-15(19-13)20-14-11(3)8-10(2)9-12(14)16/h4-5,7-9H,1,6H2,2-3H3,(H2,17,18,19,20). The Morgan fingerprint density at radius 2 is 2.15 bits per heavy atom. The fraction of sp³-hybridized carbons (Fsp3) is 0.200. The molecule has 2 rings (SSSR count). The summed E-state index contributed by atoms with van der Waals surface area (Å²) >= 11 is 6.26. The first-order chi connectivity index (χ1) is 9.60. The molecule has 0 unspecified atom stereocenters. The fourth-order valence-electron chi connectivity index (χ4n) is 1.88. The minimum atomic E-state index is 0.507. The van der Waals surface area contributed by atoms with E-state index in [1.807, 2.05) is 19.9 Å². The van der Waals surface area contributed by atoms with Crippen molar-refractivity contribution in [3.8, 4) is 0 Å². The third kappa shape index (κ3) is 3.48. The highest BCUT2D eigenvalue weighted by Crippen LogP contribution is 2.29. The topological polar surface area (TPSA) is 49.8 Å². The van der Waals surface area contributed by atoms with E-state index in [4.69, 9.17) is 11.6 Å². The molecular formula is C15H17ClN4. The lowest BCUT2D eigenvalue weighted by atomic mass is 10.1. The summed E-state index contributed by atoms with van der Waals surface area (Å²) in [6.45, 7) is 8.33. The van der Waals surface area contributed by atoms with Crippen LogP contribution in [0.5, 0.6) is 0 Å². The Kier molecular flexibility index (Phi) is 4.58. The summed E-state index contributed by atoms with van der Waals surface area (Å²) in [7, 11) is 0. The largest absolute Gasteiger partial charge is 0.366 e. The van der Waals surface area contributed by atoms with Gasteiger partial charge < -0.3 is 10.6 Å². The van der Waals surface area contributed by atoms with E-state index < -0.39 is 0 Å². The van der Waals surface area contributed by atoms with Gasteiger partial charge >= 0.3 is 0 Å². The van der Waals surface area contributed by atoms with Crippen molar-refractivity contribution in [1.82, 2.24) is 9.97 Å². The number of rotatable bonds is 5. The molecule has 2 N–H and O–H groups in total. The van der Waals surface area contributed by atoms with Crippen LogP contribution in [0.2, 0.25) is 5.02 Å². The van der Waals surface area contributed by atoms with Crippen molar-refractivity contribution in [1.29, 1.82) is 0 Å². The van der Waals surface area contributed by atoms with Crippen LogP contribution in [0.3, 0.4) is 0 Å². The quantitative estimate of drug-likeness (QED) is 0.814. The Labute approximate surface area is 123 Å². The predicted octanol–water partition coefficient (Wildman–Crippen LogP) is 4.09. The Balaban J connectivity index is 2.24. The van der Waals surface area contributed by atoms with Gasteiger partial charge in [0.05, 0.1) is 10.7 Å². The fourth-order valence-corrected chi connectivity index (χ4v) is 2.25. The zero-order valence-electron chi connectivity index (χ0n) is 11.6. The van der Waals surface area contributed by atoms with E-state index in [0.717, 1.165) is 22.6 Å². The SMILES string of the molecule is C=CCNc1ccnc(Nc2c(C)cc(C)cc2Cl)n1. The lowest BCUT2D eigenvalue weighted by molar-refractivity contribution is 1.14. The highest BCUT2D eigenvalue weighted by Gasteiger charge is 2.07. The normalized spacial score (nSPS) is 10.2. The van der Waals surface area contributed by atoms with Crippen molar-refractivity contribution in [2.75, 3.05) is 17.2 Å². The number of anilines is 3. The lowest BCUT2D eigenvalue weighted by Crippen LogP contribution is -2.04. The monoisotopic (exact) mass is 288 g/mol. The average molecular weight is 289 g/mol. The number of nitrogens with one attached hydrogen (secondary N) is 2.